The lowest BCUT2D eigenvalue weighted by Crippen LogP contribution is -2.03. The molecular formula is C15H13ClN2O. The molecule has 3 rings (SSSR count). The summed E-state index contributed by atoms with van der Waals surface area (Å²) in [7, 11) is 0. The molecule has 2 heterocycles. The van der Waals surface area contributed by atoms with E-state index in [1.165, 1.54) is 0 Å². The molecule has 0 spiro atoms. The highest BCUT2D eigenvalue weighted by Gasteiger charge is 2.24. The smallest absolute Gasteiger partial charge is 0.256 e. The highest BCUT2D eigenvalue weighted by Crippen LogP contribution is 2.35. The third-order valence-electron chi connectivity index (χ3n) is 3.24. The van der Waals surface area contributed by atoms with Crippen LogP contribution in [-0.2, 0) is 4.79 Å². The monoisotopic (exact) mass is 272 g/mol. The SMILES string of the molecule is Cc1cc(C)c(/C=C2\C(=O)Nc3ccc(Cl)cc32)[nH]1. The van der Waals surface area contributed by atoms with Crippen molar-refractivity contribution in [2.45, 2.75) is 13.8 Å². The molecule has 2 aromatic rings. The highest BCUT2D eigenvalue weighted by molar-refractivity contribution is 6.36. The number of benzene rings is 1. The third-order valence-corrected chi connectivity index (χ3v) is 3.48. The molecule has 0 radical (unpaired) electrons. The average Bonchev–Trinajstić information content (AvgIpc) is 2.81. The molecule has 1 aromatic carbocycles. The Morgan fingerprint density at radius 2 is 2.00 bits per heavy atom. The number of anilines is 1. The summed E-state index contributed by atoms with van der Waals surface area (Å²) in [5.41, 5.74) is 5.45. The van der Waals surface area contributed by atoms with E-state index in [1.807, 2.05) is 32.1 Å². The van der Waals surface area contributed by atoms with E-state index in [0.29, 0.717) is 10.6 Å². The van der Waals surface area contributed by atoms with E-state index >= 15 is 0 Å². The maximum Gasteiger partial charge on any atom is 0.256 e. The molecule has 1 amide bonds. The molecule has 2 N–H and O–H groups in total. The van der Waals surface area contributed by atoms with Gasteiger partial charge in [0, 0.05) is 27.7 Å². The van der Waals surface area contributed by atoms with Crippen LogP contribution in [0.25, 0.3) is 11.6 Å². The molecule has 0 bridgehead atoms. The van der Waals surface area contributed by atoms with Crippen molar-refractivity contribution in [1.82, 2.24) is 4.98 Å². The summed E-state index contributed by atoms with van der Waals surface area (Å²) < 4.78 is 0. The predicted molar refractivity (Wildman–Crippen MR) is 78.2 cm³/mol. The lowest BCUT2D eigenvalue weighted by atomic mass is 10.1. The molecule has 96 valence electrons. The number of carbonyl (C=O) groups excluding carboxylic acids is 1. The minimum absolute atomic E-state index is 0.0936. The van der Waals surface area contributed by atoms with E-state index in [-0.39, 0.29) is 5.91 Å². The average molecular weight is 273 g/mol. The number of hydrogen-bond donors (Lipinski definition) is 2. The van der Waals surface area contributed by atoms with Gasteiger partial charge < -0.3 is 10.3 Å². The number of fused-ring (bicyclic) bond motifs is 1. The van der Waals surface area contributed by atoms with Gasteiger partial charge in [-0.25, -0.2) is 0 Å². The molecule has 0 atom stereocenters. The Bertz CT molecular complexity index is 713. The number of halogens is 1. The summed E-state index contributed by atoms with van der Waals surface area (Å²) in [5.74, 6) is -0.0936. The molecule has 0 saturated heterocycles. The normalized spacial score (nSPS) is 15.7. The van der Waals surface area contributed by atoms with Crippen LogP contribution in [0.4, 0.5) is 5.69 Å². The number of aromatic nitrogens is 1. The molecule has 0 unspecified atom stereocenters. The number of rotatable bonds is 1. The minimum atomic E-state index is -0.0936. The van der Waals surface area contributed by atoms with Crippen molar-refractivity contribution in [2.75, 3.05) is 5.32 Å². The van der Waals surface area contributed by atoms with E-state index < -0.39 is 0 Å². The number of amides is 1. The van der Waals surface area contributed by atoms with Crippen LogP contribution in [-0.4, -0.2) is 10.9 Å². The van der Waals surface area contributed by atoms with Crippen molar-refractivity contribution in [3.63, 3.8) is 0 Å². The summed E-state index contributed by atoms with van der Waals surface area (Å²) in [4.78, 5) is 15.3. The molecule has 1 aromatic heterocycles. The van der Waals surface area contributed by atoms with Crippen molar-refractivity contribution >= 4 is 34.8 Å². The van der Waals surface area contributed by atoms with Gasteiger partial charge in [0.05, 0.1) is 5.57 Å². The van der Waals surface area contributed by atoms with E-state index in [9.17, 15) is 4.79 Å². The standard InChI is InChI=1S/C15H13ClN2O/c1-8-5-9(2)17-14(8)7-12-11-6-10(16)3-4-13(11)18-15(12)19/h3-7,17H,1-2H3,(H,18,19)/b12-7-. The number of H-pyrrole nitrogens is 1. The Kier molecular flexibility index (Phi) is 2.72. The number of hydrogen-bond acceptors (Lipinski definition) is 1. The molecule has 0 aliphatic carbocycles. The topological polar surface area (TPSA) is 44.9 Å². The van der Waals surface area contributed by atoms with Gasteiger partial charge in [0.2, 0.25) is 0 Å². The molecule has 3 nitrogen and oxygen atoms in total. The molecule has 19 heavy (non-hydrogen) atoms. The van der Waals surface area contributed by atoms with E-state index in [4.69, 9.17) is 11.6 Å². The van der Waals surface area contributed by atoms with Gasteiger partial charge in [-0.1, -0.05) is 11.6 Å². The fourth-order valence-electron chi connectivity index (χ4n) is 2.35. The Labute approximate surface area is 116 Å². The first-order valence-corrected chi connectivity index (χ1v) is 6.41. The van der Waals surface area contributed by atoms with E-state index in [2.05, 4.69) is 16.4 Å². The zero-order valence-electron chi connectivity index (χ0n) is 10.7. The zero-order valence-corrected chi connectivity index (χ0v) is 11.4. The number of nitrogens with one attached hydrogen (secondary N) is 2. The molecule has 1 aliphatic rings. The molecule has 4 heteroatoms. The summed E-state index contributed by atoms with van der Waals surface area (Å²) in [6.45, 7) is 4.01. The van der Waals surface area contributed by atoms with Crippen LogP contribution in [0.2, 0.25) is 5.02 Å². The van der Waals surface area contributed by atoms with Gasteiger partial charge in [0.15, 0.2) is 0 Å². The Morgan fingerprint density at radius 3 is 2.68 bits per heavy atom. The first-order chi connectivity index (χ1) is 9.04. The first-order valence-electron chi connectivity index (χ1n) is 6.04. The summed E-state index contributed by atoms with van der Waals surface area (Å²) in [5, 5.41) is 3.47. The molecule has 0 fully saturated rings. The highest BCUT2D eigenvalue weighted by atomic mass is 35.5. The van der Waals surface area contributed by atoms with Crippen molar-refractivity contribution in [3.05, 3.63) is 51.8 Å². The zero-order chi connectivity index (χ0) is 13.6. The second kappa shape index (κ2) is 4.28. The lowest BCUT2D eigenvalue weighted by molar-refractivity contribution is -0.110. The second-order valence-electron chi connectivity index (χ2n) is 4.75. The number of aromatic amines is 1. The quantitative estimate of drug-likeness (QED) is 0.763. The molecule has 0 saturated carbocycles. The van der Waals surface area contributed by atoms with Crippen LogP contribution in [0.15, 0.2) is 24.3 Å². The Hall–Kier alpha value is -2.00. The summed E-state index contributed by atoms with van der Waals surface area (Å²) >= 11 is 6.00. The van der Waals surface area contributed by atoms with Gasteiger partial charge in [-0.15, -0.1) is 0 Å². The van der Waals surface area contributed by atoms with Gasteiger partial charge in [0.1, 0.15) is 0 Å². The lowest BCUT2D eigenvalue weighted by Gasteiger charge is -1.99. The van der Waals surface area contributed by atoms with Crippen LogP contribution in [0.3, 0.4) is 0 Å². The van der Waals surface area contributed by atoms with Crippen LogP contribution < -0.4 is 5.32 Å². The number of carbonyl (C=O) groups is 1. The third kappa shape index (κ3) is 2.06. The second-order valence-corrected chi connectivity index (χ2v) is 5.19. The minimum Gasteiger partial charge on any atom is -0.359 e. The van der Waals surface area contributed by atoms with Crippen molar-refractivity contribution < 1.29 is 4.79 Å². The van der Waals surface area contributed by atoms with Crippen LogP contribution in [0, 0.1) is 13.8 Å². The van der Waals surface area contributed by atoms with Gasteiger partial charge in [-0.05, 0) is 49.8 Å². The van der Waals surface area contributed by atoms with Gasteiger partial charge in [-0.2, -0.15) is 0 Å². The van der Waals surface area contributed by atoms with Gasteiger partial charge in [0.25, 0.3) is 5.91 Å². The van der Waals surface area contributed by atoms with Crippen molar-refractivity contribution in [2.24, 2.45) is 0 Å². The van der Waals surface area contributed by atoms with Crippen LogP contribution in [0.5, 0.6) is 0 Å². The van der Waals surface area contributed by atoms with E-state index in [0.717, 1.165) is 28.2 Å². The maximum absolute atomic E-state index is 12.0. The molecular weight excluding hydrogens is 260 g/mol. The number of aryl methyl sites for hydroxylation is 2. The van der Waals surface area contributed by atoms with Crippen LogP contribution >= 0.6 is 11.6 Å². The van der Waals surface area contributed by atoms with Gasteiger partial charge in [-0.3, -0.25) is 4.79 Å². The Morgan fingerprint density at radius 1 is 1.21 bits per heavy atom. The van der Waals surface area contributed by atoms with Gasteiger partial charge >= 0.3 is 0 Å². The van der Waals surface area contributed by atoms with Crippen molar-refractivity contribution in [3.8, 4) is 0 Å². The van der Waals surface area contributed by atoms with Crippen molar-refractivity contribution in [1.29, 1.82) is 0 Å². The summed E-state index contributed by atoms with van der Waals surface area (Å²) in [6.07, 6.45) is 1.87. The summed E-state index contributed by atoms with van der Waals surface area (Å²) in [6, 6.07) is 7.46. The largest absolute Gasteiger partial charge is 0.359 e. The van der Waals surface area contributed by atoms with E-state index in [1.54, 1.807) is 6.07 Å². The fourth-order valence-corrected chi connectivity index (χ4v) is 2.52. The predicted octanol–water partition coefficient (Wildman–Crippen LogP) is 3.78. The molecule has 1 aliphatic heterocycles. The Balaban J connectivity index is 2.14. The fraction of sp³-hybridized carbons (Fsp3) is 0.133. The maximum atomic E-state index is 12.0. The van der Waals surface area contributed by atoms with Crippen LogP contribution in [0.1, 0.15) is 22.5 Å². The first kappa shape index (κ1) is 12.1.